The summed E-state index contributed by atoms with van der Waals surface area (Å²) < 4.78 is 0. The van der Waals surface area contributed by atoms with Gasteiger partial charge < -0.3 is 9.80 Å². The molecule has 1 aliphatic carbocycles. The molecular weight excluding hydrogens is 535 g/mol. The van der Waals surface area contributed by atoms with Crippen LogP contribution < -0.4 is 0 Å². The first-order chi connectivity index (χ1) is 19.4. The first-order valence-electron chi connectivity index (χ1n) is 14.1. The molecule has 204 valence electrons. The van der Waals surface area contributed by atoms with Gasteiger partial charge in [0.2, 0.25) is 0 Å². The van der Waals surface area contributed by atoms with Gasteiger partial charge in [0.25, 0.3) is 5.91 Å². The third-order valence-electron chi connectivity index (χ3n) is 8.90. The van der Waals surface area contributed by atoms with Gasteiger partial charge in [-0.05, 0) is 84.6 Å². The lowest BCUT2D eigenvalue weighted by molar-refractivity contribution is 0.0783. The maximum Gasteiger partial charge on any atom is 0.254 e. The number of amides is 1. The Labute approximate surface area is 247 Å². The molecule has 40 heavy (non-hydrogen) atoms. The molecule has 0 saturated carbocycles. The number of rotatable bonds is 7. The van der Waals surface area contributed by atoms with Gasteiger partial charge in [0.05, 0.1) is 10.0 Å². The molecule has 5 heteroatoms. The lowest BCUT2D eigenvalue weighted by Crippen LogP contribution is -2.42. The number of allylic oxidation sites excluding steroid dienone is 1. The van der Waals surface area contributed by atoms with Crippen LogP contribution in [-0.2, 0) is 5.41 Å². The molecule has 1 amide bonds. The molecule has 1 heterocycles. The zero-order chi connectivity index (χ0) is 27.7. The number of carbonyl (C=O) groups is 1. The van der Waals surface area contributed by atoms with Crippen LogP contribution in [0.5, 0.6) is 0 Å². The van der Waals surface area contributed by atoms with Crippen LogP contribution in [0.2, 0.25) is 10.0 Å². The van der Waals surface area contributed by atoms with Gasteiger partial charge in [-0.15, -0.1) is 0 Å². The standard InChI is InChI=1S/C35H34Cl2N2O/c1-38(34(40)30-11-6-9-25-7-2-4-10-29(25)30)24-28(27-13-14-32(36)33(37)23-27)16-20-39-21-18-35(19-22-39)17-15-26-8-3-5-12-31(26)35/h2-15,17,23,28H,16,18-22,24H2,1H3/t28-/m1/s1. The van der Waals surface area contributed by atoms with Gasteiger partial charge in [0.1, 0.15) is 0 Å². The number of halogens is 2. The molecule has 3 nitrogen and oxygen atoms in total. The first-order valence-corrected chi connectivity index (χ1v) is 14.9. The van der Waals surface area contributed by atoms with Crippen molar-refractivity contribution in [3.8, 4) is 0 Å². The maximum absolute atomic E-state index is 13.7. The Balaban J connectivity index is 1.16. The number of piperidine rings is 1. The summed E-state index contributed by atoms with van der Waals surface area (Å²) in [5, 5.41) is 3.16. The molecule has 1 saturated heterocycles. The fraction of sp³-hybridized carbons (Fsp3) is 0.286. The van der Waals surface area contributed by atoms with E-state index in [1.54, 1.807) is 0 Å². The molecule has 6 rings (SSSR count). The SMILES string of the molecule is CN(C[C@@H](CCN1CCC2(C=Cc3ccccc32)CC1)c1ccc(Cl)c(Cl)c1)C(=O)c1cccc2ccccc12. The molecule has 0 bridgehead atoms. The molecule has 1 fully saturated rings. The summed E-state index contributed by atoms with van der Waals surface area (Å²) in [5.41, 5.74) is 4.89. The molecule has 0 radical (unpaired) electrons. The molecule has 1 atom stereocenters. The van der Waals surface area contributed by atoms with E-state index < -0.39 is 0 Å². The van der Waals surface area contributed by atoms with Crippen molar-refractivity contribution in [2.45, 2.75) is 30.6 Å². The van der Waals surface area contributed by atoms with Crippen molar-refractivity contribution in [3.63, 3.8) is 0 Å². The van der Waals surface area contributed by atoms with Crippen molar-refractivity contribution < 1.29 is 4.79 Å². The number of hydrogen-bond donors (Lipinski definition) is 0. The summed E-state index contributed by atoms with van der Waals surface area (Å²) >= 11 is 12.7. The first kappa shape index (κ1) is 27.1. The summed E-state index contributed by atoms with van der Waals surface area (Å²) in [4.78, 5) is 18.1. The van der Waals surface area contributed by atoms with Crippen LogP contribution in [0.25, 0.3) is 16.8 Å². The van der Waals surface area contributed by atoms with Crippen molar-refractivity contribution >= 4 is 46.0 Å². The van der Waals surface area contributed by atoms with Gasteiger partial charge in [-0.1, -0.05) is 102 Å². The fourth-order valence-corrected chi connectivity index (χ4v) is 6.85. The minimum absolute atomic E-state index is 0.0356. The second kappa shape index (κ2) is 11.4. The van der Waals surface area contributed by atoms with E-state index in [-0.39, 0.29) is 17.2 Å². The highest BCUT2D eigenvalue weighted by molar-refractivity contribution is 6.42. The van der Waals surface area contributed by atoms with Gasteiger partial charge in [-0.2, -0.15) is 0 Å². The number of hydrogen-bond acceptors (Lipinski definition) is 2. The third kappa shape index (κ3) is 5.31. The van der Waals surface area contributed by atoms with Crippen LogP contribution in [0.3, 0.4) is 0 Å². The minimum Gasteiger partial charge on any atom is -0.341 e. The predicted molar refractivity (Wildman–Crippen MR) is 168 cm³/mol. The van der Waals surface area contributed by atoms with Gasteiger partial charge in [0.15, 0.2) is 0 Å². The van der Waals surface area contributed by atoms with Gasteiger partial charge in [-0.25, -0.2) is 0 Å². The van der Waals surface area contributed by atoms with Crippen molar-refractivity contribution in [2.75, 3.05) is 33.2 Å². The number of nitrogens with zero attached hydrogens (tertiary/aromatic N) is 2. The number of carbonyl (C=O) groups excluding carboxylic acids is 1. The molecule has 2 aliphatic rings. The Bertz CT molecular complexity index is 1570. The van der Waals surface area contributed by atoms with Crippen molar-refractivity contribution in [3.05, 3.63) is 123 Å². The zero-order valence-corrected chi connectivity index (χ0v) is 24.3. The van der Waals surface area contributed by atoms with Crippen LogP contribution >= 0.6 is 23.2 Å². The number of benzene rings is 4. The molecule has 0 N–H and O–H groups in total. The highest BCUT2D eigenvalue weighted by atomic mass is 35.5. The van der Waals surface area contributed by atoms with E-state index in [9.17, 15) is 4.79 Å². The highest BCUT2D eigenvalue weighted by Crippen LogP contribution is 2.43. The zero-order valence-electron chi connectivity index (χ0n) is 22.8. The van der Waals surface area contributed by atoms with Crippen molar-refractivity contribution in [1.82, 2.24) is 9.80 Å². The second-order valence-electron chi connectivity index (χ2n) is 11.3. The van der Waals surface area contributed by atoms with E-state index in [4.69, 9.17) is 23.2 Å². The fourth-order valence-electron chi connectivity index (χ4n) is 6.55. The largest absolute Gasteiger partial charge is 0.341 e. The Hall–Kier alpha value is -3.11. The summed E-state index contributed by atoms with van der Waals surface area (Å²) in [7, 11) is 1.91. The third-order valence-corrected chi connectivity index (χ3v) is 9.64. The average molecular weight is 570 g/mol. The van der Waals surface area contributed by atoms with E-state index in [2.05, 4.69) is 47.4 Å². The lowest BCUT2D eigenvalue weighted by Gasteiger charge is -2.40. The molecule has 1 spiro atoms. The van der Waals surface area contributed by atoms with Crippen LogP contribution in [0, 0.1) is 0 Å². The smallest absolute Gasteiger partial charge is 0.254 e. The topological polar surface area (TPSA) is 23.6 Å². The summed E-state index contributed by atoms with van der Waals surface area (Å²) in [5.74, 6) is 0.176. The number of fused-ring (bicyclic) bond motifs is 3. The molecular formula is C35H34Cl2N2O. The maximum atomic E-state index is 13.7. The Morgan fingerprint density at radius 1 is 0.925 bits per heavy atom. The van der Waals surface area contributed by atoms with Crippen LogP contribution in [0.4, 0.5) is 0 Å². The molecule has 4 aromatic carbocycles. The number of likely N-dealkylation sites (tertiary alicyclic amines) is 1. The molecule has 1 aliphatic heterocycles. The Morgan fingerprint density at radius 2 is 1.68 bits per heavy atom. The van der Waals surface area contributed by atoms with Gasteiger partial charge in [0, 0.05) is 30.5 Å². The average Bonchev–Trinajstić information content (AvgIpc) is 3.34. The van der Waals surface area contributed by atoms with Crippen LogP contribution in [0.15, 0.2) is 91.0 Å². The number of likely N-dealkylation sites (N-methyl/N-ethyl adjacent to an activating group) is 1. The van der Waals surface area contributed by atoms with Gasteiger partial charge >= 0.3 is 0 Å². The summed E-state index contributed by atoms with van der Waals surface area (Å²) in [6.07, 6.45) is 7.94. The monoisotopic (exact) mass is 568 g/mol. The Morgan fingerprint density at radius 3 is 2.50 bits per heavy atom. The quantitative estimate of drug-likeness (QED) is 0.223. The second-order valence-corrected chi connectivity index (χ2v) is 12.1. The molecule has 0 unspecified atom stereocenters. The van der Waals surface area contributed by atoms with E-state index in [1.165, 1.54) is 11.1 Å². The van der Waals surface area contributed by atoms with Crippen molar-refractivity contribution in [1.29, 1.82) is 0 Å². The molecule has 0 aromatic heterocycles. The van der Waals surface area contributed by atoms with E-state index in [0.29, 0.717) is 16.6 Å². The van der Waals surface area contributed by atoms with E-state index >= 15 is 0 Å². The lowest BCUT2D eigenvalue weighted by atomic mass is 9.74. The summed E-state index contributed by atoms with van der Waals surface area (Å²) in [6, 6.07) is 28.7. The molecule has 4 aromatic rings. The Kier molecular flexibility index (Phi) is 7.72. The highest BCUT2D eigenvalue weighted by Gasteiger charge is 2.37. The van der Waals surface area contributed by atoms with Crippen molar-refractivity contribution in [2.24, 2.45) is 0 Å². The normalized spacial score (nSPS) is 16.8. The van der Waals surface area contributed by atoms with E-state index in [0.717, 1.165) is 60.8 Å². The predicted octanol–water partition coefficient (Wildman–Crippen LogP) is 8.45. The summed E-state index contributed by atoms with van der Waals surface area (Å²) in [6.45, 7) is 3.71. The minimum atomic E-state index is 0.0356. The van der Waals surface area contributed by atoms with E-state index in [1.807, 2.05) is 66.5 Å². The van der Waals surface area contributed by atoms with Gasteiger partial charge in [-0.3, -0.25) is 4.79 Å². The van der Waals surface area contributed by atoms with Crippen LogP contribution in [-0.4, -0.2) is 48.9 Å². The van der Waals surface area contributed by atoms with Crippen LogP contribution in [0.1, 0.15) is 52.2 Å².